The molecule has 137 heavy (non-hydrogen) atoms. The lowest BCUT2D eigenvalue weighted by molar-refractivity contribution is -0.158. The van der Waals surface area contributed by atoms with Gasteiger partial charge in [-0.15, -0.1) is 0 Å². The fourth-order valence-corrected chi connectivity index (χ4v) is 15.0. The zero-order chi connectivity index (χ0) is 103. The van der Waals surface area contributed by atoms with Gasteiger partial charge in [-0.2, -0.15) is 15.0 Å². The summed E-state index contributed by atoms with van der Waals surface area (Å²) in [5.41, 5.74) is -13.1. The summed E-state index contributed by atoms with van der Waals surface area (Å²) in [6.07, 6.45) is -0.215. The summed E-state index contributed by atoms with van der Waals surface area (Å²) in [7, 11) is 0. The zero-order valence-electron chi connectivity index (χ0n) is 86.6. The molecule has 3 amide bonds. The predicted octanol–water partition coefficient (Wildman–Crippen LogP) is 18.7. The summed E-state index contributed by atoms with van der Waals surface area (Å²) in [6, 6.07) is 23.7. The van der Waals surface area contributed by atoms with Gasteiger partial charge >= 0.3 is 59.7 Å². The van der Waals surface area contributed by atoms with Gasteiger partial charge in [0.2, 0.25) is 29.6 Å². The Hall–Kier alpha value is -11.2. The summed E-state index contributed by atoms with van der Waals surface area (Å²) in [6.45, 7) is 45.9. The van der Waals surface area contributed by atoms with Crippen LogP contribution in [0.1, 0.15) is 358 Å². The molecular formula is C105H158N8O24. The highest BCUT2D eigenvalue weighted by Gasteiger charge is 2.43. The molecule has 32 heteroatoms. The van der Waals surface area contributed by atoms with Crippen LogP contribution in [0.3, 0.4) is 0 Å². The number of nitrogens with zero attached hydrogens (tertiary/aromatic N) is 3. The molecule has 0 saturated carbocycles. The monoisotopic (exact) mass is 1920 g/mol. The first-order valence-corrected chi connectivity index (χ1v) is 47.7. The molecule has 0 atom stereocenters. The second-order valence-corrected chi connectivity index (χ2v) is 44.5. The Morgan fingerprint density at radius 2 is 0.489 bits per heavy atom. The first-order valence-electron chi connectivity index (χ1n) is 47.7. The highest BCUT2D eigenvalue weighted by molar-refractivity contribution is 5.81. The Morgan fingerprint density at radius 1 is 0.263 bits per heavy atom. The van der Waals surface area contributed by atoms with Gasteiger partial charge in [0, 0.05) is 105 Å². The van der Waals surface area contributed by atoms with E-state index in [-0.39, 0.29) is 173 Å². The van der Waals surface area contributed by atoms with Gasteiger partial charge in [-0.3, -0.25) is 57.5 Å². The number of aromatic nitrogens is 3. The van der Waals surface area contributed by atoms with E-state index in [9.17, 15) is 43.2 Å². The maximum atomic E-state index is 16.1. The van der Waals surface area contributed by atoms with Crippen molar-refractivity contribution in [3.8, 4) is 17.5 Å². The topological polar surface area (TPSA) is 414 Å². The van der Waals surface area contributed by atoms with E-state index < -0.39 is 169 Å². The number of carbonyl (C=O) groups excluding carboxylic acids is 12. The molecule has 1 heterocycles. The van der Waals surface area contributed by atoms with E-state index in [1.54, 1.807) is 205 Å². The van der Waals surface area contributed by atoms with Gasteiger partial charge in [-0.1, -0.05) is 85.0 Å². The molecule has 1 aromatic heterocycles. The molecule has 1 aliphatic rings. The molecule has 0 bridgehead atoms. The Labute approximate surface area is 812 Å². The van der Waals surface area contributed by atoms with Crippen molar-refractivity contribution in [2.75, 3.05) is 10.6 Å². The second-order valence-electron chi connectivity index (χ2n) is 44.5. The number of ether oxygens (including phenoxy) is 12. The molecule has 0 radical (unpaired) electrons. The van der Waals surface area contributed by atoms with Gasteiger partial charge in [-0.25, -0.2) is 0 Å². The third-order valence-electron chi connectivity index (χ3n) is 20.6. The molecule has 32 nitrogen and oxygen atoms in total. The number of carbonyl (C=O) groups is 12. The molecule has 0 aliphatic heterocycles. The van der Waals surface area contributed by atoms with Gasteiger partial charge in [0.25, 0.3) is 0 Å². The molecule has 0 spiro atoms. The van der Waals surface area contributed by atoms with Crippen LogP contribution in [0.25, 0.3) is 0 Å². The Morgan fingerprint density at radius 3 is 0.730 bits per heavy atom. The van der Waals surface area contributed by atoms with Gasteiger partial charge in [-0.05, 0) is 293 Å². The van der Waals surface area contributed by atoms with Crippen LogP contribution in [0, 0.1) is 0 Å². The number of rotatable bonds is 52. The van der Waals surface area contributed by atoms with E-state index in [4.69, 9.17) is 71.8 Å². The fourth-order valence-electron chi connectivity index (χ4n) is 15.0. The van der Waals surface area contributed by atoms with Crippen LogP contribution < -0.4 is 40.8 Å². The van der Waals surface area contributed by atoms with E-state index in [2.05, 4.69) is 26.6 Å². The number of benzene rings is 3. The summed E-state index contributed by atoms with van der Waals surface area (Å²) in [5, 5.41) is 16.4. The maximum absolute atomic E-state index is 16.1. The van der Waals surface area contributed by atoms with Crippen LogP contribution >= 0.6 is 0 Å². The number of hydrogen-bond acceptors (Lipinski definition) is 29. The quantitative estimate of drug-likeness (QED) is 0.0202. The number of hydrogen-bond donors (Lipinski definition) is 5. The summed E-state index contributed by atoms with van der Waals surface area (Å²) >= 11 is 0. The van der Waals surface area contributed by atoms with Crippen molar-refractivity contribution in [2.24, 2.45) is 0 Å². The van der Waals surface area contributed by atoms with E-state index in [1.807, 2.05) is 85.0 Å². The molecule has 3 aromatic carbocycles. The molecule has 762 valence electrons. The second kappa shape index (κ2) is 50.9. The minimum atomic E-state index is -1.85. The minimum absolute atomic E-state index is 0.0631. The third kappa shape index (κ3) is 51.2. The van der Waals surface area contributed by atoms with E-state index in [0.29, 0.717) is 17.1 Å². The number of allylic oxidation sites excluding steroid dienone is 2. The highest BCUT2D eigenvalue weighted by Crippen LogP contribution is 2.38. The minimum Gasteiger partial charge on any atom is -0.489 e. The van der Waals surface area contributed by atoms with Crippen LogP contribution in [-0.4, -0.2) is 165 Å². The number of nitrogens with one attached hydrogen (secondary N) is 5. The summed E-state index contributed by atoms with van der Waals surface area (Å²) in [4.78, 5) is 190. The lowest BCUT2D eigenvalue weighted by atomic mass is 9.80. The van der Waals surface area contributed by atoms with Crippen LogP contribution in [-0.2, 0) is 120 Å². The van der Waals surface area contributed by atoms with Crippen molar-refractivity contribution < 1.29 is 114 Å². The highest BCUT2D eigenvalue weighted by atomic mass is 16.6. The smallest absolute Gasteiger partial charge is 0.323 e. The third-order valence-corrected chi connectivity index (χ3v) is 20.6. The van der Waals surface area contributed by atoms with Gasteiger partial charge in [0.1, 0.15) is 81.7 Å². The SMILES string of the molecule is CC(C)(C)OC(=O)CCC(CCC(=O)OC(C)(C)C)(CCC(=O)OC(C)(C)C)NC(=O)CCC(CCC(=O)NC(CCC(=O)OC(C)(C)C)(CCC(=O)OC(C)(C)C)CCC(=O)OC(C)(C)C)(CCC(=O)NC(CCC(=O)OC(C)(C)C)(CCC(=O)OC(C)(C)C)CCC(=O)OC(C)(C)C)Nc1nc(NC2C=CC=C2)nc(OCc2cc(OCc3ccccc3)cc(OCc3ccccc3)c2)n1. The van der Waals surface area contributed by atoms with Crippen molar-refractivity contribution in [3.05, 3.63) is 120 Å². The van der Waals surface area contributed by atoms with Crippen molar-refractivity contribution >= 4 is 83.3 Å². The normalized spacial score (nSPS) is 13.1. The van der Waals surface area contributed by atoms with E-state index >= 15 is 14.4 Å². The number of esters is 9. The summed E-state index contributed by atoms with van der Waals surface area (Å²) in [5.74, 6) is -7.59. The van der Waals surface area contributed by atoms with Gasteiger partial charge < -0.3 is 83.4 Å². The van der Waals surface area contributed by atoms with Crippen LogP contribution in [0.4, 0.5) is 11.9 Å². The molecule has 1 aliphatic carbocycles. The Kier molecular flexibility index (Phi) is 43.2. The molecule has 5 rings (SSSR count). The zero-order valence-corrected chi connectivity index (χ0v) is 86.6. The van der Waals surface area contributed by atoms with Crippen molar-refractivity contribution in [3.63, 3.8) is 0 Å². The van der Waals surface area contributed by atoms with E-state index in [0.717, 1.165) is 11.1 Å². The predicted molar refractivity (Wildman–Crippen MR) is 520 cm³/mol. The first-order chi connectivity index (χ1) is 63.1. The van der Waals surface area contributed by atoms with Crippen LogP contribution in [0.15, 0.2) is 103 Å². The van der Waals surface area contributed by atoms with Crippen LogP contribution in [0.5, 0.6) is 17.5 Å². The molecule has 0 fully saturated rings. The summed E-state index contributed by atoms with van der Waals surface area (Å²) < 4.78 is 72.0. The molecule has 0 saturated heterocycles. The first kappa shape index (κ1) is 116. The molecule has 0 unspecified atom stereocenters. The van der Waals surface area contributed by atoms with Gasteiger partial charge in [0.05, 0.1) is 6.04 Å². The van der Waals surface area contributed by atoms with E-state index in [1.165, 1.54) is 0 Å². The Balaban J connectivity index is 1.94. The van der Waals surface area contributed by atoms with Gasteiger partial charge in [0.15, 0.2) is 0 Å². The standard InChI is InChI=1S/C105H158N8O24/c1-93(2,3)129-81(117)45-57-102(58-46-82(118)130-94(4,5)6,59-47-83(119)131-95(7,8)9)110-78(114)42-54-105(55-43-79(115)111-103(60-48-84(120)132-96(10,11)12,61-49-85(121)133-97(13,14)15)62-50-86(122)134-98(16,17)18,56-44-80(116)112-104(63-51-87(123)135-99(19,20)21,64-52-88(124)136-100(22,23)24)65-53-89(125)137-101(25,26)27)113-91-107-90(106-75-40-34-35-41-75)108-92(109-91)128-71-74-66-76(126-69-72-36-30-28-31-37-72)68-77(67-74)127-70-73-38-32-29-33-39-73/h28-41,66-68,75H,42-65,69-71H2,1-27H3,(H,110,114)(H,111,115)(H,112,116)(H2,106,107,108,109,113). The molecule has 4 aromatic rings. The van der Waals surface area contributed by atoms with Crippen LogP contribution in [0.2, 0.25) is 0 Å². The number of amides is 3. The lowest BCUT2D eigenvalue weighted by Gasteiger charge is -2.39. The lowest BCUT2D eigenvalue weighted by Crippen LogP contribution is -2.52. The largest absolute Gasteiger partial charge is 0.489 e. The molecule has 5 N–H and O–H groups in total. The van der Waals surface area contributed by atoms with Crippen molar-refractivity contribution in [1.82, 2.24) is 30.9 Å². The molecular weight excluding hydrogens is 1760 g/mol. The number of anilines is 2. The van der Waals surface area contributed by atoms with Crippen molar-refractivity contribution in [2.45, 2.75) is 439 Å². The maximum Gasteiger partial charge on any atom is 0.323 e. The Bertz CT molecular complexity index is 4110. The average Bonchev–Trinajstić information content (AvgIpc) is 1.12. The average molecular weight is 1920 g/mol. The van der Waals surface area contributed by atoms with Crippen molar-refractivity contribution in [1.29, 1.82) is 0 Å². The fraction of sp³-hybridized carbons (Fsp3) is 0.648.